The van der Waals surface area contributed by atoms with Crippen LogP contribution in [0.4, 0.5) is 35.1 Å². The smallest absolute Gasteiger partial charge is 0.412 e. The third-order valence-corrected chi connectivity index (χ3v) is 5.67. The Hall–Kier alpha value is -2.92. The van der Waals surface area contributed by atoms with Crippen molar-refractivity contribution in [3.63, 3.8) is 0 Å². The molecule has 3 N–H and O–H groups in total. The second kappa shape index (κ2) is 11.0. The highest BCUT2D eigenvalue weighted by Crippen LogP contribution is 2.33. The van der Waals surface area contributed by atoms with E-state index < -0.39 is 17.6 Å². The molecule has 12 heteroatoms. The molecule has 1 saturated heterocycles. The van der Waals surface area contributed by atoms with Crippen LogP contribution in [-0.4, -0.2) is 38.3 Å². The Bertz CT molecular complexity index is 1100. The van der Waals surface area contributed by atoms with E-state index in [1.807, 2.05) is 24.1 Å². The van der Waals surface area contributed by atoms with Crippen LogP contribution in [0, 0.1) is 18.7 Å². The lowest BCUT2D eigenvalue weighted by Crippen LogP contribution is -2.35. The maximum Gasteiger partial charge on any atom is 0.416 e. The first-order valence-electron chi connectivity index (χ1n) is 10.4. The van der Waals surface area contributed by atoms with Gasteiger partial charge in [0.1, 0.15) is 5.82 Å². The first-order valence-corrected chi connectivity index (χ1v) is 10.4. The van der Waals surface area contributed by atoms with Crippen molar-refractivity contribution in [1.82, 2.24) is 19.7 Å². The zero-order chi connectivity index (χ0) is 22.9. The molecule has 3 aromatic rings. The van der Waals surface area contributed by atoms with Gasteiger partial charge in [-0.05, 0) is 68.0 Å². The molecular formula is C22H27ClF4N6O. The van der Waals surface area contributed by atoms with Crippen molar-refractivity contribution in [3.8, 4) is 0 Å². The summed E-state index contributed by atoms with van der Waals surface area (Å²) in [6.45, 7) is 3.53. The number of hydrogen-bond acceptors (Lipinski definition) is 5. The lowest BCUT2D eigenvalue weighted by Gasteiger charge is -2.31. The number of pyridine rings is 1. The second-order valence-electron chi connectivity index (χ2n) is 8.12. The number of aryl methyl sites for hydroxylation is 2. The van der Waals surface area contributed by atoms with E-state index >= 15 is 0 Å². The standard InChI is InChI=1S/C22H24F4N6.ClH.H2O/c1-14-11-16(5-8-27-14)12-15-6-9-32(10-7-15)21-29-20(31(2)30-21)28-19-13-17(22(24,25)26)3-4-18(19)23;;/h3-5,8,11,13,15H,6-7,9-10,12H2,1-2H3,(H,28,29,30);1H;1H2. The van der Waals surface area contributed by atoms with Crippen LogP contribution in [0.2, 0.25) is 0 Å². The average Bonchev–Trinajstić information content (AvgIpc) is 3.10. The van der Waals surface area contributed by atoms with Crippen LogP contribution < -0.4 is 10.2 Å². The predicted molar refractivity (Wildman–Crippen MR) is 124 cm³/mol. The summed E-state index contributed by atoms with van der Waals surface area (Å²) in [5, 5.41) is 7.01. The second-order valence-corrected chi connectivity index (χ2v) is 8.12. The molecule has 2 aromatic heterocycles. The van der Waals surface area contributed by atoms with Crippen LogP contribution >= 0.6 is 12.4 Å². The SMILES string of the molecule is Cc1cc(CC2CCN(c3nc(Nc4cc(C(F)(F)F)ccc4F)n(C)n3)CC2)ccn1.Cl.O. The highest BCUT2D eigenvalue weighted by Gasteiger charge is 2.31. The summed E-state index contributed by atoms with van der Waals surface area (Å²) in [4.78, 5) is 10.7. The van der Waals surface area contributed by atoms with E-state index in [1.165, 1.54) is 10.2 Å². The van der Waals surface area contributed by atoms with Gasteiger partial charge in [0, 0.05) is 32.0 Å². The molecule has 4 rings (SSSR count). The molecule has 0 radical (unpaired) electrons. The summed E-state index contributed by atoms with van der Waals surface area (Å²) >= 11 is 0. The zero-order valence-electron chi connectivity index (χ0n) is 18.7. The van der Waals surface area contributed by atoms with E-state index in [4.69, 9.17) is 0 Å². The molecule has 0 spiro atoms. The molecule has 0 atom stereocenters. The third-order valence-electron chi connectivity index (χ3n) is 5.67. The van der Waals surface area contributed by atoms with E-state index in [-0.39, 0.29) is 29.5 Å². The summed E-state index contributed by atoms with van der Waals surface area (Å²) in [6, 6.07) is 6.38. The molecule has 0 unspecified atom stereocenters. The monoisotopic (exact) mass is 502 g/mol. The van der Waals surface area contributed by atoms with Crippen LogP contribution in [0.5, 0.6) is 0 Å². The van der Waals surface area contributed by atoms with Crippen molar-refractivity contribution in [3.05, 3.63) is 59.2 Å². The van der Waals surface area contributed by atoms with E-state index in [2.05, 4.69) is 26.4 Å². The van der Waals surface area contributed by atoms with Gasteiger partial charge in [-0.2, -0.15) is 18.2 Å². The number of nitrogens with one attached hydrogen (secondary N) is 1. The number of nitrogens with zero attached hydrogens (tertiary/aromatic N) is 5. The third kappa shape index (κ3) is 6.35. The van der Waals surface area contributed by atoms with Gasteiger partial charge in [-0.3, -0.25) is 4.98 Å². The van der Waals surface area contributed by atoms with Crippen molar-refractivity contribution >= 4 is 30.0 Å². The van der Waals surface area contributed by atoms with Gasteiger partial charge >= 0.3 is 6.18 Å². The Balaban J connectivity index is 0.00000204. The van der Waals surface area contributed by atoms with E-state index in [9.17, 15) is 17.6 Å². The molecule has 0 saturated carbocycles. The summed E-state index contributed by atoms with van der Waals surface area (Å²) < 4.78 is 54.4. The maximum atomic E-state index is 14.1. The maximum absolute atomic E-state index is 14.1. The minimum absolute atomic E-state index is 0. The molecule has 34 heavy (non-hydrogen) atoms. The Morgan fingerprint density at radius 3 is 2.47 bits per heavy atom. The Labute approximate surface area is 200 Å². The van der Waals surface area contributed by atoms with Crippen LogP contribution in [-0.2, 0) is 19.6 Å². The molecular weight excluding hydrogens is 476 g/mol. The topological polar surface area (TPSA) is 90.4 Å². The lowest BCUT2D eigenvalue weighted by atomic mass is 9.90. The molecule has 186 valence electrons. The fourth-order valence-corrected chi connectivity index (χ4v) is 3.93. The molecule has 0 amide bonds. The van der Waals surface area contributed by atoms with Crippen LogP contribution in [0.3, 0.4) is 0 Å². The molecule has 7 nitrogen and oxygen atoms in total. The minimum atomic E-state index is -4.56. The van der Waals surface area contributed by atoms with Gasteiger partial charge in [0.05, 0.1) is 11.3 Å². The molecule has 0 bridgehead atoms. The van der Waals surface area contributed by atoms with Gasteiger partial charge in [-0.25, -0.2) is 9.07 Å². The van der Waals surface area contributed by atoms with Crippen molar-refractivity contribution in [2.24, 2.45) is 13.0 Å². The summed E-state index contributed by atoms with van der Waals surface area (Å²) in [6.07, 6.45) is 0.220. The number of hydrogen-bond donors (Lipinski definition) is 1. The van der Waals surface area contributed by atoms with Gasteiger partial charge in [-0.15, -0.1) is 17.5 Å². The van der Waals surface area contributed by atoms with Crippen molar-refractivity contribution in [1.29, 1.82) is 0 Å². The van der Waals surface area contributed by atoms with Crippen LogP contribution in [0.15, 0.2) is 36.5 Å². The molecule has 3 heterocycles. The fourth-order valence-electron chi connectivity index (χ4n) is 3.93. The molecule has 1 aliphatic rings. The van der Waals surface area contributed by atoms with Crippen molar-refractivity contribution in [2.45, 2.75) is 32.4 Å². The molecule has 1 aliphatic heterocycles. The summed E-state index contributed by atoms with van der Waals surface area (Å²) in [5.41, 5.74) is 1.06. The minimum Gasteiger partial charge on any atom is -0.412 e. The van der Waals surface area contributed by atoms with Crippen LogP contribution in [0.25, 0.3) is 0 Å². The average molecular weight is 503 g/mol. The molecule has 0 aliphatic carbocycles. The highest BCUT2D eigenvalue weighted by molar-refractivity contribution is 5.85. The van der Waals surface area contributed by atoms with Gasteiger partial charge < -0.3 is 15.7 Å². The quantitative estimate of drug-likeness (QED) is 0.520. The van der Waals surface area contributed by atoms with Gasteiger partial charge in [0.25, 0.3) is 0 Å². The first kappa shape index (κ1) is 27.3. The van der Waals surface area contributed by atoms with E-state index in [0.29, 0.717) is 17.9 Å². The number of aromatic nitrogens is 4. The van der Waals surface area contributed by atoms with Crippen LogP contribution in [0.1, 0.15) is 29.7 Å². The lowest BCUT2D eigenvalue weighted by molar-refractivity contribution is -0.137. The normalized spacial score (nSPS) is 14.4. The van der Waals surface area contributed by atoms with Crippen molar-refractivity contribution < 1.29 is 23.0 Å². The largest absolute Gasteiger partial charge is 0.416 e. The number of piperidine rings is 1. The van der Waals surface area contributed by atoms with Gasteiger partial charge in [0.15, 0.2) is 0 Å². The number of anilines is 3. The van der Waals surface area contributed by atoms with Gasteiger partial charge in [-0.1, -0.05) is 0 Å². The highest BCUT2D eigenvalue weighted by atomic mass is 35.5. The van der Waals surface area contributed by atoms with E-state index in [1.54, 1.807) is 7.05 Å². The number of halogens is 5. The summed E-state index contributed by atoms with van der Waals surface area (Å²) in [5.74, 6) is 0.400. The Morgan fingerprint density at radius 1 is 1.12 bits per heavy atom. The Kier molecular flexibility index (Phi) is 8.84. The molecule has 1 fully saturated rings. The van der Waals surface area contributed by atoms with Gasteiger partial charge in [0.2, 0.25) is 11.9 Å². The number of alkyl halides is 3. The summed E-state index contributed by atoms with van der Waals surface area (Å²) in [7, 11) is 1.61. The first-order chi connectivity index (χ1) is 15.2. The number of rotatable bonds is 5. The predicted octanol–water partition coefficient (Wildman–Crippen LogP) is 4.48. The fraction of sp³-hybridized carbons (Fsp3) is 0.409. The zero-order valence-corrected chi connectivity index (χ0v) is 19.5. The van der Waals surface area contributed by atoms with E-state index in [0.717, 1.165) is 50.2 Å². The molecule has 1 aromatic carbocycles. The van der Waals surface area contributed by atoms with Crippen molar-refractivity contribution in [2.75, 3.05) is 23.3 Å². The Morgan fingerprint density at radius 2 is 1.82 bits per heavy atom. The number of benzene rings is 1.